The van der Waals surface area contributed by atoms with Crippen molar-refractivity contribution in [2.24, 2.45) is 11.8 Å². The molecule has 3 aliphatic rings. The third-order valence-electron chi connectivity index (χ3n) is 9.00. The molecule has 3 aliphatic heterocycles. The van der Waals surface area contributed by atoms with Crippen LogP contribution in [-0.4, -0.2) is 92.5 Å². The molecule has 2 atom stereocenters. The van der Waals surface area contributed by atoms with Crippen LogP contribution in [0.4, 0.5) is 0 Å². The first-order valence-corrected chi connectivity index (χ1v) is 16.5. The summed E-state index contributed by atoms with van der Waals surface area (Å²) >= 11 is 0. The van der Waals surface area contributed by atoms with Gasteiger partial charge in [0.2, 0.25) is 0 Å². The number of rotatable bonds is 18. The van der Waals surface area contributed by atoms with Gasteiger partial charge in [0, 0.05) is 32.2 Å². The van der Waals surface area contributed by atoms with Crippen molar-refractivity contribution in [3.05, 3.63) is 0 Å². The Morgan fingerprint density at radius 3 is 2.00 bits per heavy atom. The van der Waals surface area contributed by atoms with Gasteiger partial charge in [0.05, 0.1) is 39.6 Å². The van der Waals surface area contributed by atoms with E-state index in [4.69, 9.17) is 19.3 Å². The van der Waals surface area contributed by atoms with E-state index in [9.17, 15) is 0 Å². The average Bonchev–Trinajstić information content (AvgIpc) is 3.35. The molecule has 0 aliphatic carbocycles. The third kappa shape index (κ3) is 12.1. The fraction of sp³-hybridized carbons (Fsp3) is 1.00. The van der Waals surface area contributed by atoms with Crippen LogP contribution in [0.5, 0.6) is 0 Å². The molecule has 1 N–H and O–H groups in total. The first-order chi connectivity index (χ1) is 18.6. The number of hydrogen-bond acceptors (Lipinski definition) is 6. The first-order valence-electron chi connectivity index (χ1n) is 16.5. The molecular weight excluding hydrogens is 476 g/mol. The zero-order chi connectivity index (χ0) is 27.5. The van der Waals surface area contributed by atoms with Gasteiger partial charge in [-0.2, -0.15) is 0 Å². The topological polar surface area (TPSA) is 54.4 Å². The molecule has 6 heteroatoms. The second-order valence-electron chi connectivity index (χ2n) is 12.0. The maximum atomic E-state index is 9.11. The number of morpholine rings is 2. The Morgan fingerprint density at radius 1 is 0.763 bits per heavy atom. The molecule has 0 aromatic carbocycles. The normalized spacial score (nSPS) is 24.6. The van der Waals surface area contributed by atoms with Crippen molar-refractivity contribution in [2.45, 2.75) is 129 Å². The Morgan fingerprint density at radius 2 is 1.37 bits per heavy atom. The van der Waals surface area contributed by atoms with Crippen LogP contribution in [0.2, 0.25) is 0 Å². The van der Waals surface area contributed by atoms with E-state index in [2.05, 4.69) is 37.5 Å². The molecule has 38 heavy (non-hydrogen) atoms. The minimum Gasteiger partial charge on any atom is -0.395 e. The smallest absolute Gasteiger partial charge is 0.145 e. The van der Waals surface area contributed by atoms with Gasteiger partial charge in [0.1, 0.15) is 5.72 Å². The molecule has 0 aromatic heterocycles. The number of aliphatic hydroxyl groups is 1. The molecule has 0 spiro atoms. The van der Waals surface area contributed by atoms with E-state index in [0.717, 1.165) is 77.5 Å². The van der Waals surface area contributed by atoms with E-state index < -0.39 is 0 Å². The van der Waals surface area contributed by atoms with Crippen LogP contribution in [0.15, 0.2) is 0 Å². The van der Waals surface area contributed by atoms with Gasteiger partial charge < -0.3 is 19.3 Å². The summed E-state index contributed by atoms with van der Waals surface area (Å²) in [5.74, 6) is 1.84. The molecule has 0 radical (unpaired) electrons. The Bertz CT molecular complexity index is 552. The Kier molecular flexibility index (Phi) is 18.4. The average molecular weight is 541 g/mol. The Labute approximate surface area is 236 Å². The van der Waals surface area contributed by atoms with E-state index in [1.165, 1.54) is 83.5 Å². The van der Waals surface area contributed by atoms with Gasteiger partial charge >= 0.3 is 0 Å². The number of fused-ring (bicyclic) bond motifs is 1. The molecule has 3 heterocycles. The summed E-state index contributed by atoms with van der Waals surface area (Å²) in [5, 5.41) is 9.11. The molecule has 2 unspecified atom stereocenters. The van der Waals surface area contributed by atoms with E-state index in [1.807, 2.05) is 0 Å². The highest BCUT2D eigenvalue weighted by molar-refractivity contribution is 4.89. The highest BCUT2D eigenvalue weighted by Gasteiger charge is 2.44. The van der Waals surface area contributed by atoms with Gasteiger partial charge in [-0.3, -0.25) is 9.80 Å². The van der Waals surface area contributed by atoms with Gasteiger partial charge in [-0.05, 0) is 31.1 Å². The molecule has 0 saturated carbocycles. The number of nitrogens with zero attached hydrogens (tertiary/aromatic N) is 2. The lowest BCUT2D eigenvalue weighted by Gasteiger charge is -2.40. The van der Waals surface area contributed by atoms with E-state index >= 15 is 0 Å². The fourth-order valence-electron chi connectivity index (χ4n) is 6.98. The molecule has 226 valence electrons. The van der Waals surface area contributed by atoms with Crippen molar-refractivity contribution >= 4 is 0 Å². The van der Waals surface area contributed by atoms with E-state index in [1.54, 1.807) is 0 Å². The zero-order valence-electron chi connectivity index (χ0n) is 25.8. The number of hydrogen-bond donors (Lipinski definition) is 1. The lowest BCUT2D eigenvalue weighted by Crippen LogP contribution is -2.53. The van der Waals surface area contributed by atoms with Crippen molar-refractivity contribution in [3.63, 3.8) is 0 Å². The van der Waals surface area contributed by atoms with Gasteiger partial charge in [0.15, 0.2) is 0 Å². The van der Waals surface area contributed by atoms with Gasteiger partial charge in [-0.15, -0.1) is 0 Å². The first kappa shape index (κ1) is 34.0. The monoisotopic (exact) mass is 540 g/mol. The van der Waals surface area contributed by atoms with Crippen molar-refractivity contribution < 1.29 is 19.3 Å². The maximum Gasteiger partial charge on any atom is 0.145 e. The highest BCUT2D eigenvalue weighted by atomic mass is 16.6. The lowest BCUT2D eigenvalue weighted by molar-refractivity contribution is -0.170. The van der Waals surface area contributed by atoms with Crippen LogP contribution in [-0.2, 0) is 14.2 Å². The third-order valence-corrected chi connectivity index (χ3v) is 9.00. The van der Waals surface area contributed by atoms with Crippen molar-refractivity contribution in [1.82, 2.24) is 9.80 Å². The summed E-state index contributed by atoms with van der Waals surface area (Å²) < 4.78 is 17.3. The van der Waals surface area contributed by atoms with Crippen molar-refractivity contribution in [1.29, 1.82) is 0 Å². The van der Waals surface area contributed by atoms with Crippen LogP contribution in [0.3, 0.4) is 0 Å². The fourth-order valence-corrected chi connectivity index (χ4v) is 6.98. The van der Waals surface area contributed by atoms with E-state index in [-0.39, 0.29) is 12.3 Å². The summed E-state index contributed by atoms with van der Waals surface area (Å²) in [5.41, 5.74) is -0.0682. The van der Waals surface area contributed by atoms with Crippen LogP contribution in [0.25, 0.3) is 0 Å². The summed E-state index contributed by atoms with van der Waals surface area (Å²) in [6.07, 6.45) is 18.5. The van der Waals surface area contributed by atoms with Crippen molar-refractivity contribution in [3.8, 4) is 0 Å². The SMILES string of the molecule is CCCC(CCC)CCCC12COCCN1CCO2.CCCC(CCC)CCCC1COCCN1CCO. The van der Waals surface area contributed by atoms with Crippen LogP contribution in [0, 0.1) is 11.8 Å². The standard InChI is InChI=1S/C16H31NO2.C16H33NO2/c1-3-6-15(7-4-2)8-5-9-16-14-18-12-10-17(16)11-13-19-16;1-3-6-15(7-4-2)8-5-9-16-14-19-13-11-17(16)10-12-18/h15H,3-14H2,1-2H3;15-16,18H,3-14H2,1-2H3. The minimum absolute atomic E-state index is 0.0682. The second kappa shape index (κ2) is 20.6. The summed E-state index contributed by atoms with van der Waals surface area (Å²) in [7, 11) is 0. The Balaban J connectivity index is 0.000000267. The van der Waals surface area contributed by atoms with Crippen LogP contribution in [0.1, 0.15) is 118 Å². The minimum atomic E-state index is -0.0682. The van der Waals surface area contributed by atoms with Crippen LogP contribution < -0.4 is 0 Å². The van der Waals surface area contributed by atoms with Gasteiger partial charge in [-0.25, -0.2) is 0 Å². The summed E-state index contributed by atoms with van der Waals surface area (Å²) in [6, 6.07) is 0.532. The van der Waals surface area contributed by atoms with Gasteiger partial charge in [0.25, 0.3) is 0 Å². The summed E-state index contributed by atoms with van der Waals surface area (Å²) in [6.45, 7) is 17.6. The molecular formula is C32H64N2O4. The van der Waals surface area contributed by atoms with E-state index in [0.29, 0.717) is 6.04 Å². The van der Waals surface area contributed by atoms with Crippen LogP contribution >= 0.6 is 0 Å². The van der Waals surface area contributed by atoms with Gasteiger partial charge in [-0.1, -0.05) is 98.3 Å². The predicted octanol–water partition coefficient (Wildman–Crippen LogP) is 6.50. The second-order valence-corrected chi connectivity index (χ2v) is 12.0. The number of ether oxygens (including phenoxy) is 3. The maximum absolute atomic E-state index is 9.11. The molecule has 6 nitrogen and oxygen atoms in total. The molecule has 3 fully saturated rings. The largest absolute Gasteiger partial charge is 0.395 e. The molecule has 3 saturated heterocycles. The molecule has 0 amide bonds. The predicted molar refractivity (Wildman–Crippen MR) is 159 cm³/mol. The highest BCUT2D eigenvalue weighted by Crippen LogP contribution is 2.33. The lowest BCUT2D eigenvalue weighted by atomic mass is 9.91. The molecule has 0 aromatic rings. The molecule has 0 bridgehead atoms. The Hall–Kier alpha value is -0.240. The summed E-state index contributed by atoms with van der Waals surface area (Å²) in [4.78, 5) is 4.91. The number of aliphatic hydroxyl groups excluding tert-OH is 1. The van der Waals surface area contributed by atoms with Crippen molar-refractivity contribution in [2.75, 3.05) is 65.8 Å². The number of β-amino-alcohol motifs (C(OH)–C–C–N with tert-alkyl or cyclic N) is 1. The quantitative estimate of drug-likeness (QED) is 0.214. The molecule has 3 rings (SSSR count). The zero-order valence-corrected chi connectivity index (χ0v) is 25.8.